The summed E-state index contributed by atoms with van der Waals surface area (Å²) in [5, 5.41) is 105. The molecule has 3 rings (SSSR count). The molecule has 648 valence electrons. The van der Waals surface area contributed by atoms with Crippen LogP contribution in [-0.2, 0) is 89.6 Å². The fourth-order valence-corrected chi connectivity index (χ4v) is 13.3. The van der Waals surface area contributed by atoms with Crippen LogP contribution >= 0.6 is 21.6 Å². The van der Waals surface area contributed by atoms with Crippen LogP contribution in [0.3, 0.4) is 0 Å². The Labute approximate surface area is 682 Å². The molecule has 44 nitrogen and oxygen atoms in total. The number of nitrogens with one attached hydrogen (secondary N) is 20. The first-order chi connectivity index (χ1) is 55.4. The number of hydrogen-bond donors (Lipinski definition) is 28. The van der Waals surface area contributed by atoms with Crippen molar-refractivity contribution in [2.24, 2.45) is 34.8 Å². The minimum absolute atomic E-state index is 0.00417. The molecule has 1 fully saturated rings. The lowest BCUT2D eigenvalue weighted by Gasteiger charge is -2.30. The van der Waals surface area contributed by atoms with Gasteiger partial charge in [0.2, 0.25) is 82.7 Å². The van der Waals surface area contributed by atoms with E-state index in [0.29, 0.717) is 11.1 Å². The van der Waals surface area contributed by atoms with Gasteiger partial charge in [0.15, 0.2) is 17.9 Å². The van der Waals surface area contributed by atoms with E-state index in [2.05, 4.69) is 90.4 Å². The lowest BCUT2D eigenvalue weighted by atomic mass is 9.96. The highest BCUT2D eigenvalue weighted by molar-refractivity contribution is 8.76. The molecule has 32 N–H and O–H groups in total. The summed E-state index contributed by atoms with van der Waals surface area (Å²) >= 11 is 0. The van der Waals surface area contributed by atoms with Crippen molar-refractivity contribution in [3.8, 4) is 0 Å². The second-order valence-electron chi connectivity index (χ2n) is 27.4. The van der Waals surface area contributed by atoms with Gasteiger partial charge in [-0.1, -0.05) is 123 Å². The predicted octanol–water partition coefficient (Wildman–Crippen LogP) is -8.31. The highest BCUT2D eigenvalue weighted by Crippen LogP contribution is 2.24. The van der Waals surface area contributed by atoms with Gasteiger partial charge in [0.25, 0.3) is 0 Å². The molecule has 2 aromatic rings. The number of benzene rings is 2. The molecule has 0 aliphatic carbocycles. The van der Waals surface area contributed by atoms with Crippen molar-refractivity contribution in [2.75, 3.05) is 57.4 Å². The number of hydrogen-bond acceptors (Lipinski definition) is 24. The molecule has 1 heterocycles. The summed E-state index contributed by atoms with van der Waals surface area (Å²) in [6, 6.07) is -5.70. The molecular weight excluding hydrogens is 1570 g/mol. The minimum atomic E-state index is -2.07. The van der Waals surface area contributed by atoms with E-state index in [1.807, 2.05) is 0 Å². The molecule has 117 heavy (non-hydrogen) atoms. The Morgan fingerprint density at radius 3 is 1.53 bits per heavy atom. The Balaban J connectivity index is 2.37. The first-order valence-corrected chi connectivity index (χ1v) is 40.1. The van der Waals surface area contributed by atoms with Crippen molar-refractivity contribution in [1.29, 1.82) is 16.2 Å². The van der Waals surface area contributed by atoms with Crippen molar-refractivity contribution < 1.29 is 97.1 Å². The number of aliphatic hydroxyl groups is 2. The smallest absolute Gasteiger partial charge is 0.326 e. The quantitative estimate of drug-likeness (QED) is 0.0137. The molecule has 0 bridgehead atoms. The number of aliphatic carboxylic acids is 2. The monoisotopic (exact) mass is 1680 g/mol. The van der Waals surface area contributed by atoms with E-state index in [4.69, 9.17) is 39.2 Å². The maximum absolute atomic E-state index is 15.1. The predicted molar refractivity (Wildman–Crippen MR) is 428 cm³/mol. The molecule has 1 aliphatic rings. The van der Waals surface area contributed by atoms with Gasteiger partial charge in [-0.05, 0) is 68.4 Å². The zero-order valence-corrected chi connectivity index (χ0v) is 67.2. The van der Waals surface area contributed by atoms with E-state index in [1.54, 1.807) is 81.4 Å². The zero-order valence-electron chi connectivity index (χ0n) is 65.5. The van der Waals surface area contributed by atoms with E-state index in [-0.39, 0.29) is 83.8 Å². The van der Waals surface area contributed by atoms with Gasteiger partial charge in [0.1, 0.15) is 78.5 Å². The normalized spacial score (nSPS) is 21.9. The van der Waals surface area contributed by atoms with Gasteiger partial charge >= 0.3 is 11.9 Å². The van der Waals surface area contributed by atoms with Crippen molar-refractivity contribution in [1.82, 2.24) is 90.4 Å². The molecule has 3 unspecified atom stereocenters. The van der Waals surface area contributed by atoms with Crippen molar-refractivity contribution >= 4 is 134 Å². The number of guanidine groups is 3. The summed E-state index contributed by atoms with van der Waals surface area (Å²) in [6.45, 7) is 3.81. The molecule has 15 atom stereocenters. The number of carbonyl (C=O) groups excluding carboxylic acids is 14. The van der Waals surface area contributed by atoms with Gasteiger partial charge in [-0.3, -0.25) is 88.1 Å². The molecule has 1 aliphatic heterocycles. The van der Waals surface area contributed by atoms with Crippen LogP contribution in [0.5, 0.6) is 0 Å². The topological polar surface area (TPSA) is 734 Å². The number of aliphatic hydroxyl groups excluding tert-OH is 2. The van der Waals surface area contributed by atoms with Crippen LogP contribution in [0.4, 0.5) is 0 Å². The Kier molecular flexibility index (Phi) is 44.9. The number of carboxylic acids is 2. The molecule has 0 saturated carbocycles. The Morgan fingerprint density at radius 1 is 0.513 bits per heavy atom. The standard InChI is InChI=1S/C71H112N24O20S2/c1-6-36(3)54-66(112)86-43(22-15-25-80-70(75)76)59(105)90-47(29-53(100)101)62(108)95-55(37(4)7-2)67(113)93-50(65(111)89-46(28-40-19-12-9-13-20-40)61(107)87-44(68(114)115)23-16-26-81-71(77)78)35-117-116-34-49(92-63(109)48(33-97)91-57(103)41(72)32-96)64(110)84-38(5)56(102)88-45(27-39-17-10-8-11-18-39)58(104)83-30-51(98)82-31-52(99)85-42(60(106)94-54)21-14-24-79-69(73)74/h8-13,17-20,36-38,41-50,54-55,96-97H,6-7,14-16,21-35,72H2,1-5H3,(H,82,98)(H,83,104)(H,84,110)(H,85,99)(H,86,112)(H,87,107)(H,88,102)(H,89,111)(H,90,105)(H,91,103)(H,92,109)(H,93,113)(H,94,106)(H,95,108)(H,100,101)(H,114,115)(H4,73,74,79)(H4,75,76,80)(H4,77,78,81)/t36-,37-,38+,41-,42-,43-,44-,45-,46-,47?,48-,49-,50?,54?,55-/m0/s1. The molecule has 46 heteroatoms. The van der Waals surface area contributed by atoms with E-state index >= 15 is 9.59 Å². The van der Waals surface area contributed by atoms with E-state index < -0.39 is 247 Å². The maximum Gasteiger partial charge on any atom is 0.326 e. The van der Waals surface area contributed by atoms with Crippen molar-refractivity contribution in [2.45, 2.75) is 184 Å². The third kappa shape index (κ3) is 37.7. The van der Waals surface area contributed by atoms with Gasteiger partial charge in [0, 0.05) is 44.0 Å². The summed E-state index contributed by atoms with van der Waals surface area (Å²) in [5.74, 6) is -22.4. The van der Waals surface area contributed by atoms with Crippen LogP contribution in [0.25, 0.3) is 0 Å². The average Bonchev–Trinajstić information content (AvgIpc) is 0.851. The lowest BCUT2D eigenvalue weighted by Crippen LogP contribution is -2.62. The molecule has 0 spiro atoms. The summed E-state index contributed by atoms with van der Waals surface area (Å²) < 4.78 is 0. The lowest BCUT2D eigenvalue weighted by molar-refractivity contribution is -0.143. The van der Waals surface area contributed by atoms with Crippen LogP contribution in [0.1, 0.15) is 104 Å². The van der Waals surface area contributed by atoms with E-state index in [0.717, 1.165) is 21.6 Å². The van der Waals surface area contributed by atoms with Crippen LogP contribution in [0.2, 0.25) is 0 Å². The van der Waals surface area contributed by atoms with Crippen molar-refractivity contribution in [3.63, 3.8) is 0 Å². The summed E-state index contributed by atoms with van der Waals surface area (Å²) in [7, 11) is 1.44. The molecule has 2 aromatic carbocycles. The van der Waals surface area contributed by atoms with Crippen LogP contribution in [-0.4, -0.2) is 269 Å². The fourth-order valence-electron chi connectivity index (χ4n) is 11.0. The summed E-state index contributed by atoms with van der Waals surface area (Å²) in [4.78, 5) is 225. The van der Waals surface area contributed by atoms with Crippen LogP contribution in [0.15, 0.2) is 60.7 Å². The number of amides is 14. The highest BCUT2D eigenvalue weighted by Gasteiger charge is 2.39. The van der Waals surface area contributed by atoms with Gasteiger partial charge in [-0.25, -0.2) is 4.79 Å². The maximum atomic E-state index is 15.1. The van der Waals surface area contributed by atoms with Gasteiger partial charge in [-0.2, -0.15) is 0 Å². The van der Waals surface area contributed by atoms with E-state index in [9.17, 15) is 87.5 Å². The van der Waals surface area contributed by atoms with Gasteiger partial charge in [0.05, 0.1) is 32.7 Å². The minimum Gasteiger partial charge on any atom is -0.481 e. The Hall–Kier alpha value is -11.6. The van der Waals surface area contributed by atoms with E-state index in [1.165, 1.54) is 13.8 Å². The Bertz CT molecular complexity index is 3750. The van der Waals surface area contributed by atoms with Crippen molar-refractivity contribution in [3.05, 3.63) is 71.8 Å². The second kappa shape index (κ2) is 52.8. The number of rotatable bonds is 33. The fraction of sp³-hybridized carbons (Fsp3) is 0.563. The third-order valence-corrected chi connectivity index (χ3v) is 20.5. The molecule has 0 aromatic heterocycles. The highest BCUT2D eigenvalue weighted by atomic mass is 33.1. The number of carboxylic acid groups (broad SMARTS) is 2. The number of nitrogens with two attached hydrogens (primary N) is 4. The molecule has 0 radical (unpaired) electrons. The van der Waals surface area contributed by atoms with Crippen LogP contribution < -0.4 is 113 Å². The summed E-state index contributed by atoms with van der Waals surface area (Å²) in [5.41, 5.74) is 23.0. The second-order valence-corrected chi connectivity index (χ2v) is 29.9. The molecule has 14 amide bonds. The summed E-state index contributed by atoms with van der Waals surface area (Å²) in [6.07, 6.45) is -2.08. The van der Waals surface area contributed by atoms with Gasteiger partial charge in [-0.15, -0.1) is 0 Å². The first kappa shape index (κ1) is 99.5. The molecular formula is C71H112N24O20S2. The first-order valence-electron chi connectivity index (χ1n) is 37.6. The average molecular weight is 1690 g/mol. The SMILES string of the molecule is CC[C@H](C)C1NC(=O)[C@H](CCCNC(=N)N)NC(=O)CNC(=O)CNC(=O)[C@H](Cc2ccccc2)NC(=O)[C@@H](C)NC(=O)[C@@H](NC(=O)[C@H](CO)NC(=O)[C@@H](N)CO)CSSCC(C(=O)N[C@@H](Cc2ccccc2)C(=O)N[C@@H](CCCNC(=N)N)C(=O)O)NC(=O)[C@H]([C@@H](C)CC)NC(=O)C(CC(=O)O)NC(=O)[C@H](CCCNC(=N)N)NC1=O. The Morgan fingerprint density at radius 2 is 1.00 bits per heavy atom. The zero-order chi connectivity index (χ0) is 87.4. The number of carbonyl (C=O) groups is 16. The largest absolute Gasteiger partial charge is 0.481 e. The van der Waals surface area contributed by atoms with Gasteiger partial charge < -0.3 is 134 Å². The third-order valence-electron chi connectivity index (χ3n) is 18.1. The molecule has 1 saturated heterocycles. The van der Waals surface area contributed by atoms with Crippen LogP contribution in [0, 0.1) is 28.1 Å².